The second-order valence-corrected chi connectivity index (χ2v) is 5.48. The fraction of sp³-hybridized carbons (Fsp3) is 0.235. The van der Waals surface area contributed by atoms with Gasteiger partial charge in [-0.25, -0.2) is 9.18 Å². The summed E-state index contributed by atoms with van der Waals surface area (Å²) in [4.78, 5) is 11.7. The van der Waals surface area contributed by atoms with Gasteiger partial charge in [-0.2, -0.15) is 0 Å². The molecule has 1 atom stereocenters. The van der Waals surface area contributed by atoms with E-state index < -0.39 is 12.1 Å². The standard InChI is InChI=1S/C17H18ClFN2O2/c18-14-7-5-13(6-8-14)16(22)11-21-17(23)20-10-9-12-3-1-2-4-15(12)19/h1-8,16,22H,9-11H2,(H2,20,21,23). The molecule has 0 aliphatic carbocycles. The summed E-state index contributed by atoms with van der Waals surface area (Å²) in [5, 5.41) is 15.7. The maximum absolute atomic E-state index is 13.4. The molecule has 2 rings (SSSR count). The molecular formula is C17H18ClFN2O2. The summed E-state index contributed by atoms with van der Waals surface area (Å²) in [7, 11) is 0. The quantitative estimate of drug-likeness (QED) is 0.759. The van der Waals surface area contributed by atoms with E-state index in [1.165, 1.54) is 6.07 Å². The Labute approximate surface area is 139 Å². The Balaban J connectivity index is 1.71. The van der Waals surface area contributed by atoms with Crippen LogP contribution in [0.1, 0.15) is 17.2 Å². The van der Waals surface area contributed by atoms with Gasteiger partial charge in [0.25, 0.3) is 0 Å². The summed E-state index contributed by atoms with van der Waals surface area (Å²) in [5.74, 6) is -0.284. The van der Waals surface area contributed by atoms with E-state index in [1.54, 1.807) is 42.5 Å². The zero-order valence-corrected chi connectivity index (χ0v) is 13.2. The Bertz CT molecular complexity index is 649. The fourth-order valence-corrected chi connectivity index (χ4v) is 2.19. The molecule has 23 heavy (non-hydrogen) atoms. The van der Waals surface area contributed by atoms with E-state index in [-0.39, 0.29) is 12.4 Å². The van der Waals surface area contributed by atoms with Gasteiger partial charge in [-0.1, -0.05) is 41.9 Å². The van der Waals surface area contributed by atoms with Crippen molar-refractivity contribution in [2.45, 2.75) is 12.5 Å². The lowest BCUT2D eigenvalue weighted by Crippen LogP contribution is -2.38. The summed E-state index contributed by atoms with van der Waals surface area (Å²) >= 11 is 5.77. The van der Waals surface area contributed by atoms with Crippen LogP contribution in [0.15, 0.2) is 48.5 Å². The van der Waals surface area contributed by atoms with Crippen molar-refractivity contribution in [1.29, 1.82) is 0 Å². The van der Waals surface area contributed by atoms with Crippen LogP contribution in [-0.4, -0.2) is 24.2 Å². The lowest BCUT2D eigenvalue weighted by molar-refractivity contribution is 0.173. The van der Waals surface area contributed by atoms with Crippen LogP contribution in [0, 0.1) is 5.82 Å². The molecule has 1 unspecified atom stereocenters. The predicted molar refractivity (Wildman–Crippen MR) is 87.9 cm³/mol. The van der Waals surface area contributed by atoms with E-state index in [2.05, 4.69) is 10.6 Å². The molecule has 0 aliphatic heterocycles. The summed E-state index contributed by atoms with van der Waals surface area (Å²) in [6, 6.07) is 12.8. The third-order valence-electron chi connectivity index (χ3n) is 3.35. The van der Waals surface area contributed by atoms with Crippen LogP contribution in [0.5, 0.6) is 0 Å². The smallest absolute Gasteiger partial charge is 0.314 e. The van der Waals surface area contributed by atoms with Gasteiger partial charge in [-0.05, 0) is 35.7 Å². The molecule has 2 aromatic rings. The average molecular weight is 337 g/mol. The number of amides is 2. The SMILES string of the molecule is O=C(NCCc1ccccc1F)NCC(O)c1ccc(Cl)cc1. The summed E-state index contributed by atoms with van der Waals surface area (Å²) in [5.41, 5.74) is 1.22. The van der Waals surface area contributed by atoms with Crippen molar-refractivity contribution in [2.75, 3.05) is 13.1 Å². The Hall–Kier alpha value is -2.11. The Morgan fingerprint density at radius 1 is 1.13 bits per heavy atom. The van der Waals surface area contributed by atoms with Crippen molar-refractivity contribution < 1.29 is 14.3 Å². The number of halogens is 2. The minimum absolute atomic E-state index is 0.0766. The van der Waals surface area contributed by atoms with Crippen LogP contribution in [0.25, 0.3) is 0 Å². The van der Waals surface area contributed by atoms with Gasteiger partial charge in [-0.3, -0.25) is 0 Å². The topological polar surface area (TPSA) is 61.4 Å². The van der Waals surface area contributed by atoms with E-state index in [0.717, 1.165) is 0 Å². The van der Waals surface area contributed by atoms with Crippen LogP contribution >= 0.6 is 11.6 Å². The molecule has 6 heteroatoms. The van der Waals surface area contributed by atoms with Gasteiger partial charge in [0.1, 0.15) is 5.82 Å². The van der Waals surface area contributed by atoms with Gasteiger partial charge in [-0.15, -0.1) is 0 Å². The minimum atomic E-state index is -0.815. The predicted octanol–water partition coefficient (Wildman–Crippen LogP) is 3.05. The molecule has 3 N–H and O–H groups in total. The number of nitrogens with one attached hydrogen (secondary N) is 2. The number of benzene rings is 2. The maximum atomic E-state index is 13.4. The molecule has 2 amide bonds. The molecule has 122 valence electrons. The number of hydrogen-bond acceptors (Lipinski definition) is 2. The highest BCUT2D eigenvalue weighted by molar-refractivity contribution is 6.30. The number of carbonyl (C=O) groups is 1. The fourth-order valence-electron chi connectivity index (χ4n) is 2.07. The van der Waals surface area contributed by atoms with Gasteiger partial charge in [0.05, 0.1) is 6.10 Å². The molecule has 0 aliphatic rings. The maximum Gasteiger partial charge on any atom is 0.314 e. The first-order valence-corrected chi connectivity index (χ1v) is 7.62. The average Bonchev–Trinajstić information content (AvgIpc) is 2.55. The van der Waals surface area contributed by atoms with E-state index in [1.807, 2.05) is 0 Å². The lowest BCUT2D eigenvalue weighted by Gasteiger charge is -2.13. The molecule has 0 bridgehead atoms. The monoisotopic (exact) mass is 336 g/mol. The third-order valence-corrected chi connectivity index (χ3v) is 3.60. The first-order chi connectivity index (χ1) is 11.1. The molecule has 0 spiro atoms. The molecule has 0 saturated heterocycles. The summed E-state index contributed by atoms with van der Waals surface area (Å²) in [6.07, 6.45) is -0.413. The Morgan fingerprint density at radius 3 is 2.52 bits per heavy atom. The van der Waals surface area contributed by atoms with Crippen LogP contribution in [0.3, 0.4) is 0 Å². The van der Waals surface area contributed by atoms with Crippen molar-refractivity contribution in [2.24, 2.45) is 0 Å². The third kappa shape index (κ3) is 5.54. The molecule has 0 saturated carbocycles. The zero-order chi connectivity index (χ0) is 16.7. The molecule has 0 radical (unpaired) electrons. The van der Waals surface area contributed by atoms with Crippen molar-refractivity contribution in [1.82, 2.24) is 10.6 Å². The van der Waals surface area contributed by atoms with Crippen LogP contribution in [0.2, 0.25) is 5.02 Å². The van der Waals surface area contributed by atoms with E-state index in [0.29, 0.717) is 29.1 Å². The van der Waals surface area contributed by atoms with E-state index in [9.17, 15) is 14.3 Å². The second-order valence-electron chi connectivity index (χ2n) is 5.05. The van der Waals surface area contributed by atoms with Crippen molar-refractivity contribution in [3.05, 3.63) is 70.5 Å². The van der Waals surface area contributed by atoms with Crippen molar-refractivity contribution in [3.8, 4) is 0 Å². The highest BCUT2D eigenvalue weighted by Gasteiger charge is 2.09. The van der Waals surface area contributed by atoms with Gasteiger partial charge in [0.2, 0.25) is 0 Å². The van der Waals surface area contributed by atoms with Crippen molar-refractivity contribution in [3.63, 3.8) is 0 Å². The van der Waals surface area contributed by atoms with Crippen LogP contribution in [0.4, 0.5) is 9.18 Å². The molecule has 0 heterocycles. The normalized spacial score (nSPS) is 11.8. The molecule has 0 aromatic heterocycles. The lowest BCUT2D eigenvalue weighted by atomic mass is 10.1. The molecular weight excluding hydrogens is 319 g/mol. The Kier molecular flexibility index (Phi) is 6.38. The van der Waals surface area contributed by atoms with E-state index in [4.69, 9.17) is 11.6 Å². The largest absolute Gasteiger partial charge is 0.387 e. The van der Waals surface area contributed by atoms with Crippen molar-refractivity contribution >= 4 is 17.6 Å². The molecule has 0 fully saturated rings. The van der Waals surface area contributed by atoms with Crippen LogP contribution < -0.4 is 10.6 Å². The first-order valence-electron chi connectivity index (χ1n) is 7.25. The van der Waals surface area contributed by atoms with E-state index >= 15 is 0 Å². The Morgan fingerprint density at radius 2 is 1.83 bits per heavy atom. The van der Waals surface area contributed by atoms with Gasteiger partial charge in [0.15, 0.2) is 0 Å². The number of aliphatic hydroxyl groups is 1. The summed E-state index contributed by atoms with van der Waals surface area (Å²) < 4.78 is 13.4. The number of hydrogen-bond donors (Lipinski definition) is 3. The minimum Gasteiger partial charge on any atom is -0.387 e. The number of carbonyl (C=O) groups excluding carboxylic acids is 1. The van der Waals surface area contributed by atoms with Gasteiger partial charge < -0.3 is 15.7 Å². The number of urea groups is 1. The molecule has 2 aromatic carbocycles. The highest BCUT2D eigenvalue weighted by Crippen LogP contribution is 2.15. The first kappa shape index (κ1) is 17.2. The van der Waals surface area contributed by atoms with Crippen LogP contribution in [-0.2, 0) is 6.42 Å². The summed E-state index contributed by atoms with van der Waals surface area (Å²) in [6.45, 7) is 0.386. The van der Waals surface area contributed by atoms with Gasteiger partial charge in [0, 0.05) is 18.1 Å². The highest BCUT2D eigenvalue weighted by atomic mass is 35.5. The van der Waals surface area contributed by atoms with Gasteiger partial charge >= 0.3 is 6.03 Å². The number of rotatable bonds is 6. The molecule has 4 nitrogen and oxygen atoms in total. The number of aliphatic hydroxyl groups excluding tert-OH is 1. The second kappa shape index (κ2) is 8.50. The zero-order valence-electron chi connectivity index (χ0n) is 12.4.